The maximum atomic E-state index is 13.4. The number of nitrogens with zero attached hydrogens (tertiary/aromatic N) is 1. The predicted octanol–water partition coefficient (Wildman–Crippen LogP) is 2.96. The van der Waals surface area contributed by atoms with Gasteiger partial charge in [0.15, 0.2) is 0 Å². The molecular weight excluding hydrogens is 466 g/mol. The minimum atomic E-state index is -0.557. The van der Waals surface area contributed by atoms with Crippen molar-refractivity contribution in [2.75, 3.05) is 39.5 Å². The highest BCUT2D eigenvalue weighted by molar-refractivity contribution is 5.89. The number of hydrogen-bond acceptors (Lipinski definition) is 5. The summed E-state index contributed by atoms with van der Waals surface area (Å²) in [5, 5.41) is 2.94. The van der Waals surface area contributed by atoms with Crippen LogP contribution in [0.1, 0.15) is 16.7 Å². The summed E-state index contributed by atoms with van der Waals surface area (Å²) in [6.45, 7) is 3.07. The molecule has 3 aromatic rings. The molecule has 0 radical (unpaired) electrons. The molecule has 0 saturated carbocycles. The maximum Gasteiger partial charge on any atom is 0.243 e. The highest BCUT2D eigenvalue weighted by atomic mass is 16.5. The van der Waals surface area contributed by atoms with Crippen LogP contribution in [-0.2, 0) is 38.4 Å². The summed E-state index contributed by atoms with van der Waals surface area (Å²) in [6, 6.07) is 25.6. The van der Waals surface area contributed by atoms with Crippen molar-refractivity contribution in [3.05, 3.63) is 95.6 Å². The SMILES string of the molecule is NCCOCCOCCNC(=O)C1Cc2ccccc2CN1C(=O)Cc1ccc(-c2ccccc2)cc1. The molecule has 1 heterocycles. The third-order valence-corrected chi connectivity index (χ3v) is 6.47. The van der Waals surface area contributed by atoms with Crippen LogP contribution < -0.4 is 11.1 Å². The number of hydrogen-bond donors (Lipinski definition) is 2. The first-order chi connectivity index (χ1) is 18.2. The molecule has 1 aliphatic heterocycles. The molecule has 4 rings (SSSR count). The van der Waals surface area contributed by atoms with Crippen molar-refractivity contribution in [2.45, 2.75) is 25.4 Å². The number of carbonyl (C=O) groups is 2. The van der Waals surface area contributed by atoms with E-state index >= 15 is 0 Å². The molecule has 1 aliphatic rings. The molecule has 7 nitrogen and oxygen atoms in total. The summed E-state index contributed by atoms with van der Waals surface area (Å²) in [6.07, 6.45) is 0.738. The Labute approximate surface area is 218 Å². The smallest absolute Gasteiger partial charge is 0.243 e. The third-order valence-electron chi connectivity index (χ3n) is 6.47. The molecule has 7 heteroatoms. The molecule has 1 atom stereocenters. The summed E-state index contributed by atoms with van der Waals surface area (Å²) in [5.41, 5.74) is 10.7. The molecular formula is C30H35N3O4. The Bertz CT molecular complexity index is 1150. The highest BCUT2D eigenvalue weighted by Crippen LogP contribution is 2.25. The van der Waals surface area contributed by atoms with Crippen LogP contribution in [0.4, 0.5) is 0 Å². The number of benzene rings is 3. The number of ether oxygens (including phenoxy) is 2. The first-order valence-electron chi connectivity index (χ1n) is 12.8. The van der Waals surface area contributed by atoms with E-state index in [1.54, 1.807) is 4.90 Å². The number of amides is 2. The van der Waals surface area contributed by atoms with Gasteiger partial charge in [-0.3, -0.25) is 9.59 Å². The van der Waals surface area contributed by atoms with E-state index in [-0.39, 0.29) is 18.2 Å². The second-order valence-electron chi connectivity index (χ2n) is 9.05. The first-order valence-corrected chi connectivity index (χ1v) is 12.8. The topological polar surface area (TPSA) is 93.9 Å². The maximum absolute atomic E-state index is 13.4. The van der Waals surface area contributed by atoms with Crippen molar-refractivity contribution in [3.8, 4) is 11.1 Å². The van der Waals surface area contributed by atoms with Gasteiger partial charge in [-0.2, -0.15) is 0 Å². The van der Waals surface area contributed by atoms with Crippen LogP contribution in [0.2, 0.25) is 0 Å². The molecule has 0 bridgehead atoms. The van der Waals surface area contributed by atoms with Crippen molar-refractivity contribution in [3.63, 3.8) is 0 Å². The van der Waals surface area contributed by atoms with Crippen molar-refractivity contribution >= 4 is 11.8 Å². The van der Waals surface area contributed by atoms with E-state index in [0.717, 1.165) is 27.8 Å². The fourth-order valence-electron chi connectivity index (χ4n) is 4.51. The van der Waals surface area contributed by atoms with Crippen molar-refractivity contribution < 1.29 is 19.1 Å². The monoisotopic (exact) mass is 501 g/mol. The molecule has 3 aromatic carbocycles. The van der Waals surface area contributed by atoms with Gasteiger partial charge in [-0.1, -0.05) is 78.9 Å². The Kier molecular flexibility index (Phi) is 9.82. The van der Waals surface area contributed by atoms with Gasteiger partial charge in [0.2, 0.25) is 11.8 Å². The zero-order valence-corrected chi connectivity index (χ0v) is 21.1. The van der Waals surface area contributed by atoms with Crippen LogP contribution in [0.5, 0.6) is 0 Å². The van der Waals surface area contributed by atoms with Gasteiger partial charge in [-0.15, -0.1) is 0 Å². The van der Waals surface area contributed by atoms with E-state index in [1.807, 2.05) is 66.7 Å². The summed E-state index contributed by atoms with van der Waals surface area (Å²) in [7, 11) is 0. The first kappa shape index (κ1) is 26.5. The van der Waals surface area contributed by atoms with Gasteiger partial charge in [0.25, 0.3) is 0 Å². The fourth-order valence-corrected chi connectivity index (χ4v) is 4.51. The zero-order chi connectivity index (χ0) is 25.9. The fraction of sp³-hybridized carbons (Fsp3) is 0.333. The largest absolute Gasteiger partial charge is 0.378 e. The van der Waals surface area contributed by atoms with Gasteiger partial charge in [0.1, 0.15) is 6.04 Å². The minimum absolute atomic E-state index is 0.0598. The highest BCUT2D eigenvalue weighted by Gasteiger charge is 2.34. The lowest BCUT2D eigenvalue weighted by Crippen LogP contribution is -2.53. The summed E-state index contributed by atoms with van der Waals surface area (Å²) in [4.78, 5) is 28.3. The molecule has 0 aliphatic carbocycles. The van der Waals surface area contributed by atoms with E-state index in [1.165, 1.54) is 0 Å². The van der Waals surface area contributed by atoms with Gasteiger partial charge in [-0.05, 0) is 27.8 Å². The quantitative estimate of drug-likeness (QED) is 0.372. The molecule has 0 fully saturated rings. The lowest BCUT2D eigenvalue weighted by Gasteiger charge is -2.36. The molecule has 0 spiro atoms. The summed E-state index contributed by atoms with van der Waals surface area (Å²) >= 11 is 0. The van der Waals surface area contributed by atoms with Gasteiger partial charge in [-0.25, -0.2) is 0 Å². The number of rotatable bonds is 12. The van der Waals surface area contributed by atoms with Crippen molar-refractivity contribution in [1.82, 2.24) is 10.2 Å². The standard InChI is InChI=1S/C30H35N3O4/c31-14-16-36-18-19-37-17-15-32-30(35)28-21-26-8-4-5-9-27(26)22-33(28)29(34)20-23-10-12-25(13-11-23)24-6-2-1-3-7-24/h1-13,28H,14-22,31H2,(H,32,35). The van der Waals surface area contributed by atoms with Crippen LogP contribution in [0.3, 0.4) is 0 Å². The second kappa shape index (κ2) is 13.7. The molecule has 37 heavy (non-hydrogen) atoms. The lowest BCUT2D eigenvalue weighted by molar-refractivity contribution is -0.141. The minimum Gasteiger partial charge on any atom is -0.378 e. The summed E-state index contributed by atoms with van der Waals surface area (Å²) < 4.78 is 10.8. The lowest BCUT2D eigenvalue weighted by atomic mass is 9.92. The molecule has 0 saturated heterocycles. The van der Waals surface area contributed by atoms with Gasteiger partial charge < -0.3 is 25.4 Å². The average molecular weight is 502 g/mol. The molecule has 194 valence electrons. The Balaban J connectivity index is 1.37. The van der Waals surface area contributed by atoms with Gasteiger partial charge >= 0.3 is 0 Å². The Morgan fingerprint density at radius 1 is 0.811 bits per heavy atom. The van der Waals surface area contributed by atoms with Gasteiger partial charge in [0, 0.05) is 26.1 Å². The van der Waals surface area contributed by atoms with E-state index in [0.29, 0.717) is 52.5 Å². The average Bonchev–Trinajstić information content (AvgIpc) is 2.94. The van der Waals surface area contributed by atoms with E-state index in [2.05, 4.69) is 17.4 Å². The summed E-state index contributed by atoms with van der Waals surface area (Å²) in [5.74, 6) is -0.222. The molecule has 3 N–H and O–H groups in total. The molecule has 1 unspecified atom stereocenters. The zero-order valence-electron chi connectivity index (χ0n) is 21.1. The number of fused-ring (bicyclic) bond motifs is 1. The van der Waals surface area contributed by atoms with Crippen LogP contribution in [0.15, 0.2) is 78.9 Å². The predicted molar refractivity (Wildman–Crippen MR) is 144 cm³/mol. The van der Waals surface area contributed by atoms with Crippen molar-refractivity contribution in [1.29, 1.82) is 0 Å². The molecule has 0 aromatic heterocycles. The Morgan fingerprint density at radius 3 is 2.19 bits per heavy atom. The number of nitrogens with two attached hydrogens (primary N) is 1. The van der Waals surface area contributed by atoms with E-state index in [4.69, 9.17) is 15.2 Å². The Morgan fingerprint density at radius 2 is 1.46 bits per heavy atom. The van der Waals surface area contributed by atoms with E-state index in [9.17, 15) is 9.59 Å². The number of nitrogens with one attached hydrogen (secondary N) is 1. The van der Waals surface area contributed by atoms with Crippen LogP contribution >= 0.6 is 0 Å². The van der Waals surface area contributed by atoms with E-state index < -0.39 is 6.04 Å². The second-order valence-corrected chi connectivity index (χ2v) is 9.05. The third kappa shape index (κ3) is 7.49. The number of carbonyl (C=O) groups excluding carboxylic acids is 2. The normalized spacial score (nSPS) is 14.7. The van der Waals surface area contributed by atoms with Crippen LogP contribution in [0, 0.1) is 0 Å². The van der Waals surface area contributed by atoms with Crippen LogP contribution in [-0.4, -0.2) is 62.3 Å². The molecule has 2 amide bonds. The van der Waals surface area contributed by atoms with Crippen LogP contribution in [0.25, 0.3) is 11.1 Å². The Hall–Kier alpha value is -3.52. The van der Waals surface area contributed by atoms with Gasteiger partial charge in [0.05, 0.1) is 32.8 Å². The van der Waals surface area contributed by atoms with Crippen molar-refractivity contribution in [2.24, 2.45) is 5.73 Å².